The number of amides is 2. The van der Waals surface area contributed by atoms with Crippen molar-refractivity contribution in [1.82, 2.24) is 10.6 Å². The van der Waals surface area contributed by atoms with Gasteiger partial charge in [0.2, 0.25) is 5.91 Å². The number of aliphatic hydroxyl groups excluding tert-OH is 4. The zero-order valence-corrected chi connectivity index (χ0v) is 18.5. The van der Waals surface area contributed by atoms with Crippen molar-refractivity contribution in [2.45, 2.75) is 49.6 Å². The van der Waals surface area contributed by atoms with Crippen molar-refractivity contribution >= 4 is 12.0 Å². The molecule has 10 nitrogen and oxygen atoms in total. The van der Waals surface area contributed by atoms with Crippen LogP contribution in [0.5, 0.6) is 0 Å². The SMILES string of the molecule is CC(O)C1O[C@@H](NC(=O)CNC(=O)OCC2c3ccccc3-c3ccccc32)C(O)C(O)[C@H]1O. The summed E-state index contributed by atoms with van der Waals surface area (Å²) in [5.74, 6) is -0.839. The second kappa shape index (κ2) is 10.1. The number of alkyl carbamates (subject to hydrolysis) is 1. The summed E-state index contributed by atoms with van der Waals surface area (Å²) in [5.41, 5.74) is 4.32. The van der Waals surface area contributed by atoms with Gasteiger partial charge in [-0.05, 0) is 29.2 Å². The van der Waals surface area contributed by atoms with Gasteiger partial charge in [0.05, 0.1) is 6.10 Å². The number of fused-ring (bicyclic) bond motifs is 3. The maximum absolute atomic E-state index is 12.2. The van der Waals surface area contributed by atoms with Crippen molar-refractivity contribution in [3.05, 3.63) is 59.7 Å². The number of carbonyl (C=O) groups is 2. The molecule has 2 aromatic carbocycles. The first kappa shape index (κ1) is 24.1. The topological polar surface area (TPSA) is 158 Å². The van der Waals surface area contributed by atoms with Crippen molar-refractivity contribution in [3.8, 4) is 11.1 Å². The lowest BCUT2D eigenvalue weighted by Crippen LogP contribution is -2.64. The largest absolute Gasteiger partial charge is 0.449 e. The number of hydrogen-bond donors (Lipinski definition) is 6. The average Bonchev–Trinajstić information content (AvgIpc) is 3.15. The second-order valence-corrected chi connectivity index (χ2v) is 8.48. The number of carbonyl (C=O) groups excluding carboxylic acids is 2. The van der Waals surface area contributed by atoms with Gasteiger partial charge in [-0.15, -0.1) is 0 Å². The van der Waals surface area contributed by atoms with Crippen LogP contribution in [0.15, 0.2) is 48.5 Å². The molecule has 0 radical (unpaired) electrons. The van der Waals surface area contributed by atoms with Crippen molar-refractivity contribution in [2.24, 2.45) is 0 Å². The Bertz CT molecular complexity index is 1000. The lowest BCUT2D eigenvalue weighted by molar-refractivity contribution is -0.246. The first-order chi connectivity index (χ1) is 16.3. The maximum atomic E-state index is 12.2. The summed E-state index contributed by atoms with van der Waals surface area (Å²) in [6.45, 7) is 0.962. The molecule has 182 valence electrons. The molecule has 6 atom stereocenters. The van der Waals surface area contributed by atoms with Crippen LogP contribution in [0.2, 0.25) is 0 Å². The molecular formula is C24H28N2O8. The summed E-state index contributed by atoms with van der Waals surface area (Å²) < 4.78 is 10.7. The quantitative estimate of drug-likeness (QED) is 0.338. The number of ether oxygens (including phenoxy) is 2. The molecule has 2 amide bonds. The van der Waals surface area contributed by atoms with E-state index in [9.17, 15) is 30.0 Å². The van der Waals surface area contributed by atoms with Gasteiger partial charge in [0.25, 0.3) is 0 Å². The van der Waals surface area contributed by atoms with Crippen LogP contribution >= 0.6 is 0 Å². The molecule has 4 unspecified atom stereocenters. The highest BCUT2D eigenvalue weighted by molar-refractivity contribution is 5.82. The highest BCUT2D eigenvalue weighted by Crippen LogP contribution is 2.44. The van der Waals surface area contributed by atoms with E-state index in [2.05, 4.69) is 10.6 Å². The standard InChI is InChI=1S/C24H28N2O8/c1-12(27)22-20(30)19(29)21(31)23(34-22)26-18(28)10-25-24(32)33-11-17-15-8-4-2-6-13(15)14-7-3-5-9-16(14)17/h2-9,12,17,19-23,27,29-31H,10-11H2,1H3,(H,25,32)(H,26,28)/t12?,19?,20-,21?,22?,23-/m1/s1. The highest BCUT2D eigenvalue weighted by Gasteiger charge is 2.45. The summed E-state index contributed by atoms with van der Waals surface area (Å²) in [6.07, 6.45) is -9.32. The predicted octanol–water partition coefficient (Wildman–Crippen LogP) is -0.170. The fourth-order valence-corrected chi connectivity index (χ4v) is 4.44. The normalized spacial score (nSPS) is 26.8. The lowest BCUT2D eigenvalue weighted by atomic mass is 9.95. The third-order valence-electron chi connectivity index (χ3n) is 6.17. The number of rotatable bonds is 6. The average molecular weight is 472 g/mol. The van der Waals surface area contributed by atoms with E-state index in [1.54, 1.807) is 0 Å². The molecule has 1 aliphatic carbocycles. The smallest absolute Gasteiger partial charge is 0.407 e. The highest BCUT2D eigenvalue weighted by atomic mass is 16.6. The van der Waals surface area contributed by atoms with Crippen LogP contribution in [0, 0.1) is 0 Å². The van der Waals surface area contributed by atoms with E-state index in [0.717, 1.165) is 22.3 Å². The summed E-state index contributed by atoms with van der Waals surface area (Å²) in [5, 5.41) is 44.2. The van der Waals surface area contributed by atoms with Crippen LogP contribution in [0.4, 0.5) is 4.79 Å². The molecule has 0 saturated carbocycles. The van der Waals surface area contributed by atoms with Gasteiger partial charge in [-0.25, -0.2) is 4.79 Å². The maximum Gasteiger partial charge on any atom is 0.407 e. The van der Waals surface area contributed by atoms with Gasteiger partial charge in [-0.1, -0.05) is 48.5 Å². The first-order valence-electron chi connectivity index (χ1n) is 11.0. The van der Waals surface area contributed by atoms with Gasteiger partial charge in [0.15, 0.2) is 6.23 Å². The van der Waals surface area contributed by atoms with Crippen LogP contribution in [-0.4, -0.2) is 82.3 Å². The Labute approximate surface area is 196 Å². The number of hydrogen-bond acceptors (Lipinski definition) is 8. The second-order valence-electron chi connectivity index (χ2n) is 8.48. The zero-order chi connectivity index (χ0) is 24.4. The van der Waals surface area contributed by atoms with Crippen LogP contribution in [0.3, 0.4) is 0 Å². The Morgan fingerprint density at radius 2 is 1.56 bits per heavy atom. The molecule has 1 aliphatic heterocycles. The molecule has 2 aromatic rings. The Morgan fingerprint density at radius 1 is 0.971 bits per heavy atom. The van der Waals surface area contributed by atoms with E-state index < -0.39 is 55.3 Å². The summed E-state index contributed by atoms with van der Waals surface area (Å²) in [6, 6.07) is 15.8. The van der Waals surface area contributed by atoms with Gasteiger partial charge < -0.3 is 40.5 Å². The predicted molar refractivity (Wildman–Crippen MR) is 120 cm³/mol. The molecule has 1 heterocycles. The molecule has 2 aliphatic rings. The van der Waals surface area contributed by atoms with Gasteiger partial charge in [0.1, 0.15) is 37.6 Å². The molecule has 6 N–H and O–H groups in total. The van der Waals surface area contributed by atoms with Crippen molar-refractivity contribution in [3.63, 3.8) is 0 Å². The molecule has 34 heavy (non-hydrogen) atoms. The summed E-state index contributed by atoms with van der Waals surface area (Å²) >= 11 is 0. The lowest BCUT2D eigenvalue weighted by Gasteiger charge is -2.41. The molecule has 0 bridgehead atoms. The van der Waals surface area contributed by atoms with Gasteiger partial charge in [-0.2, -0.15) is 0 Å². The number of benzene rings is 2. The number of nitrogens with one attached hydrogen (secondary N) is 2. The Morgan fingerprint density at radius 3 is 2.15 bits per heavy atom. The minimum Gasteiger partial charge on any atom is -0.449 e. The minimum atomic E-state index is -1.63. The molecule has 0 spiro atoms. The molecule has 1 fully saturated rings. The van der Waals surface area contributed by atoms with Crippen LogP contribution < -0.4 is 10.6 Å². The van der Waals surface area contributed by atoms with E-state index in [4.69, 9.17) is 9.47 Å². The third kappa shape index (κ3) is 4.77. The minimum absolute atomic E-state index is 0.0894. The first-order valence-corrected chi connectivity index (χ1v) is 11.0. The van der Waals surface area contributed by atoms with Crippen LogP contribution in [0.25, 0.3) is 11.1 Å². The van der Waals surface area contributed by atoms with Crippen molar-refractivity contribution in [2.75, 3.05) is 13.2 Å². The zero-order valence-electron chi connectivity index (χ0n) is 18.5. The Balaban J connectivity index is 1.29. The fraction of sp³-hybridized carbons (Fsp3) is 0.417. The van der Waals surface area contributed by atoms with E-state index in [1.807, 2.05) is 48.5 Å². The van der Waals surface area contributed by atoms with Gasteiger partial charge in [0, 0.05) is 5.92 Å². The molecule has 0 aromatic heterocycles. The summed E-state index contributed by atoms with van der Waals surface area (Å²) in [4.78, 5) is 24.5. The van der Waals surface area contributed by atoms with Crippen molar-refractivity contribution < 1.29 is 39.5 Å². The van der Waals surface area contributed by atoms with E-state index in [0.29, 0.717) is 0 Å². The van der Waals surface area contributed by atoms with Crippen LogP contribution in [-0.2, 0) is 14.3 Å². The fourth-order valence-electron chi connectivity index (χ4n) is 4.44. The molecule has 1 saturated heterocycles. The Kier molecular flexibility index (Phi) is 7.15. The van der Waals surface area contributed by atoms with Gasteiger partial charge in [-0.3, -0.25) is 4.79 Å². The third-order valence-corrected chi connectivity index (χ3v) is 6.17. The monoisotopic (exact) mass is 472 g/mol. The van der Waals surface area contributed by atoms with E-state index in [-0.39, 0.29) is 12.5 Å². The van der Waals surface area contributed by atoms with Gasteiger partial charge >= 0.3 is 6.09 Å². The van der Waals surface area contributed by atoms with E-state index in [1.165, 1.54) is 6.92 Å². The summed E-state index contributed by atoms with van der Waals surface area (Å²) in [7, 11) is 0. The van der Waals surface area contributed by atoms with E-state index >= 15 is 0 Å². The molecule has 10 heteroatoms. The Hall–Kier alpha value is -3.02. The molecule has 4 rings (SSSR count). The number of aliphatic hydroxyl groups is 4. The molecular weight excluding hydrogens is 444 g/mol. The van der Waals surface area contributed by atoms with Crippen molar-refractivity contribution in [1.29, 1.82) is 0 Å². The van der Waals surface area contributed by atoms with Crippen LogP contribution in [0.1, 0.15) is 24.0 Å².